The summed E-state index contributed by atoms with van der Waals surface area (Å²) in [4.78, 5) is 8.43. The molecule has 0 spiro atoms. The fraction of sp³-hybridized carbons (Fsp3) is 0. The van der Waals surface area contributed by atoms with Gasteiger partial charge in [-0.1, -0.05) is 36.4 Å². The lowest BCUT2D eigenvalue weighted by molar-refractivity contribution is 0.474. The lowest BCUT2D eigenvalue weighted by Crippen LogP contribution is -1.98. The fourth-order valence-electron chi connectivity index (χ4n) is 2.61. The molecule has 1 aliphatic rings. The molecule has 0 radical (unpaired) electrons. The van der Waals surface area contributed by atoms with Crippen LogP contribution in [-0.2, 0) is 0 Å². The van der Waals surface area contributed by atoms with Crippen molar-refractivity contribution in [1.82, 2.24) is 9.97 Å². The quantitative estimate of drug-likeness (QED) is 0.457. The van der Waals surface area contributed by atoms with Crippen molar-refractivity contribution in [3.63, 3.8) is 0 Å². The largest absolute Gasteiger partial charge is 0.507 e. The van der Waals surface area contributed by atoms with E-state index in [1.165, 1.54) is 12.5 Å². The topological polar surface area (TPSA) is 70.7 Å². The Bertz CT molecular complexity index is 900. The number of benzene rings is 2. The average molecular weight is 300 g/mol. The van der Waals surface area contributed by atoms with E-state index in [-0.39, 0.29) is 5.75 Å². The summed E-state index contributed by atoms with van der Waals surface area (Å²) in [6.45, 7) is 0. The minimum Gasteiger partial charge on any atom is -0.507 e. The second-order valence-electron chi connectivity index (χ2n) is 5.08. The molecule has 0 fully saturated rings. The molecule has 0 saturated heterocycles. The summed E-state index contributed by atoms with van der Waals surface area (Å²) < 4.78 is 0. The SMILES string of the molecule is Oc1ccccc1/C=N/N=C1/c2ccccc2-c2ncncc21. The van der Waals surface area contributed by atoms with Crippen LogP contribution in [0.15, 0.2) is 71.3 Å². The number of para-hydroxylation sites is 1. The molecule has 0 bridgehead atoms. The minimum absolute atomic E-state index is 0.173. The second-order valence-corrected chi connectivity index (χ2v) is 5.08. The van der Waals surface area contributed by atoms with E-state index in [0.29, 0.717) is 5.56 Å². The van der Waals surface area contributed by atoms with Gasteiger partial charge in [-0.25, -0.2) is 9.97 Å². The van der Waals surface area contributed by atoms with Gasteiger partial charge < -0.3 is 5.11 Å². The first-order valence-corrected chi connectivity index (χ1v) is 7.14. The van der Waals surface area contributed by atoms with Crippen LogP contribution in [-0.4, -0.2) is 27.0 Å². The maximum Gasteiger partial charge on any atom is 0.124 e. The lowest BCUT2D eigenvalue weighted by Gasteiger charge is -1.98. The van der Waals surface area contributed by atoms with Gasteiger partial charge >= 0.3 is 0 Å². The molecule has 0 amide bonds. The van der Waals surface area contributed by atoms with Crippen molar-refractivity contribution in [1.29, 1.82) is 0 Å². The molecule has 0 saturated carbocycles. The molecule has 3 aromatic rings. The van der Waals surface area contributed by atoms with E-state index in [9.17, 15) is 5.11 Å². The van der Waals surface area contributed by atoms with Crippen LogP contribution in [0.3, 0.4) is 0 Å². The number of phenolic OH excluding ortho intramolecular Hbond substituents is 1. The number of phenols is 1. The molecule has 5 heteroatoms. The van der Waals surface area contributed by atoms with Crippen molar-refractivity contribution < 1.29 is 5.11 Å². The Morgan fingerprint density at radius 1 is 0.913 bits per heavy atom. The molecule has 5 nitrogen and oxygen atoms in total. The van der Waals surface area contributed by atoms with E-state index in [1.54, 1.807) is 24.4 Å². The predicted molar refractivity (Wildman–Crippen MR) is 88.8 cm³/mol. The smallest absolute Gasteiger partial charge is 0.124 e. The second kappa shape index (κ2) is 5.46. The Balaban J connectivity index is 1.78. The fourth-order valence-corrected chi connectivity index (χ4v) is 2.61. The molecule has 1 aliphatic carbocycles. The van der Waals surface area contributed by atoms with Crippen molar-refractivity contribution in [3.8, 4) is 17.0 Å². The van der Waals surface area contributed by atoms with Crippen molar-refractivity contribution in [2.24, 2.45) is 10.2 Å². The predicted octanol–water partition coefficient (Wildman–Crippen LogP) is 3.03. The van der Waals surface area contributed by atoms with E-state index in [0.717, 1.165) is 28.1 Å². The van der Waals surface area contributed by atoms with E-state index < -0.39 is 0 Å². The van der Waals surface area contributed by atoms with Crippen LogP contribution >= 0.6 is 0 Å². The monoisotopic (exact) mass is 300 g/mol. The molecule has 1 heterocycles. The molecule has 0 unspecified atom stereocenters. The van der Waals surface area contributed by atoms with Crippen LogP contribution in [0.5, 0.6) is 5.75 Å². The first-order valence-electron chi connectivity index (χ1n) is 7.14. The Kier molecular flexibility index (Phi) is 3.16. The van der Waals surface area contributed by atoms with Gasteiger partial charge in [-0.2, -0.15) is 5.10 Å². The summed E-state index contributed by atoms with van der Waals surface area (Å²) in [5.41, 5.74) is 5.10. The molecule has 1 aromatic heterocycles. The summed E-state index contributed by atoms with van der Waals surface area (Å²) >= 11 is 0. The number of hydrogen-bond donors (Lipinski definition) is 1. The Labute approximate surface area is 132 Å². The van der Waals surface area contributed by atoms with E-state index in [1.807, 2.05) is 30.3 Å². The Morgan fingerprint density at radius 2 is 1.70 bits per heavy atom. The van der Waals surface area contributed by atoms with Crippen molar-refractivity contribution in [2.45, 2.75) is 0 Å². The zero-order valence-corrected chi connectivity index (χ0v) is 12.1. The number of hydrogen-bond acceptors (Lipinski definition) is 5. The van der Waals surface area contributed by atoms with Gasteiger partial charge in [-0.3, -0.25) is 0 Å². The highest BCUT2D eigenvalue weighted by molar-refractivity contribution is 6.23. The highest BCUT2D eigenvalue weighted by Gasteiger charge is 2.25. The molecule has 1 N–H and O–H groups in total. The van der Waals surface area contributed by atoms with Gasteiger partial charge in [0, 0.05) is 28.5 Å². The first kappa shape index (κ1) is 13.3. The zero-order valence-electron chi connectivity index (χ0n) is 12.1. The minimum atomic E-state index is 0.173. The Morgan fingerprint density at radius 3 is 2.57 bits per heavy atom. The molecule has 0 atom stereocenters. The van der Waals surface area contributed by atoms with Crippen LogP contribution in [0.4, 0.5) is 0 Å². The maximum atomic E-state index is 9.76. The molecule has 4 rings (SSSR count). The number of nitrogens with zero attached hydrogens (tertiary/aromatic N) is 4. The molecule has 23 heavy (non-hydrogen) atoms. The molecular weight excluding hydrogens is 288 g/mol. The molecular formula is C18H12N4O. The Hall–Kier alpha value is -3.34. The molecule has 110 valence electrons. The third-order valence-corrected chi connectivity index (χ3v) is 3.70. The van der Waals surface area contributed by atoms with Gasteiger partial charge in [0.25, 0.3) is 0 Å². The van der Waals surface area contributed by atoms with E-state index >= 15 is 0 Å². The van der Waals surface area contributed by atoms with Crippen LogP contribution in [0.1, 0.15) is 16.7 Å². The van der Waals surface area contributed by atoms with Gasteiger partial charge in [0.15, 0.2) is 0 Å². The number of aromatic nitrogens is 2. The van der Waals surface area contributed by atoms with Gasteiger partial charge in [-0.05, 0) is 12.1 Å². The zero-order chi connectivity index (χ0) is 15.6. The third kappa shape index (κ3) is 2.28. The number of fused-ring (bicyclic) bond motifs is 3. The van der Waals surface area contributed by atoms with Crippen LogP contribution in [0.25, 0.3) is 11.3 Å². The van der Waals surface area contributed by atoms with Gasteiger partial charge in [0.2, 0.25) is 0 Å². The first-order chi connectivity index (χ1) is 11.3. The van der Waals surface area contributed by atoms with Crippen molar-refractivity contribution in [3.05, 3.63) is 77.7 Å². The lowest BCUT2D eigenvalue weighted by atomic mass is 10.1. The summed E-state index contributed by atoms with van der Waals surface area (Å²) in [6, 6.07) is 14.9. The highest BCUT2D eigenvalue weighted by atomic mass is 16.3. The summed E-state index contributed by atoms with van der Waals surface area (Å²) in [6.07, 6.45) is 4.81. The molecule has 2 aromatic carbocycles. The maximum absolute atomic E-state index is 9.76. The highest BCUT2D eigenvalue weighted by Crippen LogP contribution is 2.34. The number of rotatable bonds is 2. The van der Waals surface area contributed by atoms with Crippen molar-refractivity contribution in [2.75, 3.05) is 0 Å². The van der Waals surface area contributed by atoms with Crippen LogP contribution in [0, 0.1) is 0 Å². The molecule has 0 aliphatic heterocycles. The third-order valence-electron chi connectivity index (χ3n) is 3.70. The van der Waals surface area contributed by atoms with Gasteiger partial charge in [0.1, 0.15) is 17.8 Å². The average Bonchev–Trinajstić information content (AvgIpc) is 2.91. The van der Waals surface area contributed by atoms with Crippen molar-refractivity contribution >= 4 is 11.9 Å². The van der Waals surface area contributed by atoms with E-state index in [2.05, 4.69) is 20.2 Å². The standard InChI is InChI=1S/C18H12N4O/c23-16-8-4-1-5-12(16)9-21-22-18-14-7-3-2-6-13(14)17-15(18)10-19-11-20-17/h1-11,23H/b21-9+,22-18-. The van der Waals surface area contributed by atoms with Gasteiger partial charge in [-0.15, -0.1) is 5.10 Å². The number of aromatic hydroxyl groups is 1. The van der Waals surface area contributed by atoms with Gasteiger partial charge in [0.05, 0.1) is 11.9 Å². The van der Waals surface area contributed by atoms with E-state index in [4.69, 9.17) is 0 Å². The van der Waals surface area contributed by atoms with Crippen LogP contribution < -0.4 is 0 Å². The summed E-state index contributed by atoms with van der Waals surface area (Å²) in [5.74, 6) is 0.173. The normalized spacial score (nSPS) is 14.2. The summed E-state index contributed by atoms with van der Waals surface area (Å²) in [7, 11) is 0. The van der Waals surface area contributed by atoms with Crippen LogP contribution in [0.2, 0.25) is 0 Å². The summed E-state index contributed by atoms with van der Waals surface area (Å²) in [5, 5.41) is 18.2.